The van der Waals surface area contributed by atoms with Crippen molar-refractivity contribution in [3.63, 3.8) is 0 Å². The molecule has 1 aromatic carbocycles. The fourth-order valence-corrected chi connectivity index (χ4v) is 2.80. The van der Waals surface area contributed by atoms with Gasteiger partial charge in [-0.25, -0.2) is 4.79 Å². The zero-order chi connectivity index (χ0) is 18.8. The Bertz CT molecular complexity index is 904. The number of anilines is 1. The topological polar surface area (TPSA) is 128 Å². The molecule has 136 valence electrons. The van der Waals surface area contributed by atoms with Gasteiger partial charge in [-0.05, 0) is 42.0 Å². The van der Waals surface area contributed by atoms with E-state index >= 15 is 0 Å². The van der Waals surface area contributed by atoms with E-state index in [0.29, 0.717) is 12.2 Å². The van der Waals surface area contributed by atoms with Crippen molar-refractivity contribution in [3.8, 4) is 11.5 Å². The van der Waals surface area contributed by atoms with Crippen molar-refractivity contribution < 1.29 is 24.2 Å². The summed E-state index contributed by atoms with van der Waals surface area (Å²) in [6.45, 7) is 3.47. The Balaban J connectivity index is 2.22. The van der Waals surface area contributed by atoms with E-state index in [1.165, 1.54) is 24.8 Å². The van der Waals surface area contributed by atoms with Gasteiger partial charge in [-0.1, -0.05) is 11.2 Å². The second-order valence-electron chi connectivity index (χ2n) is 5.47. The number of ketones is 1. The second-order valence-corrected chi connectivity index (χ2v) is 5.47. The molecule has 2 heterocycles. The van der Waals surface area contributed by atoms with Crippen molar-refractivity contribution in [1.82, 2.24) is 20.2 Å². The number of benzene rings is 1. The SMILES string of the molecule is CCOc1cc(C2C(C(C)=O)=C(C(=O)OC)Nc3nnnn32)ccc1O. The summed E-state index contributed by atoms with van der Waals surface area (Å²) in [6, 6.07) is 3.85. The van der Waals surface area contributed by atoms with Gasteiger partial charge in [0.2, 0.25) is 5.95 Å². The zero-order valence-corrected chi connectivity index (χ0v) is 14.4. The zero-order valence-electron chi connectivity index (χ0n) is 14.4. The van der Waals surface area contributed by atoms with Crippen LogP contribution in [0.5, 0.6) is 11.5 Å². The molecule has 1 atom stereocenters. The lowest BCUT2D eigenvalue weighted by molar-refractivity contribution is -0.136. The fraction of sp³-hybridized carbons (Fsp3) is 0.312. The van der Waals surface area contributed by atoms with Crippen molar-refractivity contribution >= 4 is 17.7 Å². The molecule has 1 aromatic heterocycles. The highest BCUT2D eigenvalue weighted by Gasteiger charge is 2.37. The number of rotatable bonds is 5. The van der Waals surface area contributed by atoms with Crippen molar-refractivity contribution in [2.45, 2.75) is 19.9 Å². The van der Waals surface area contributed by atoms with E-state index in [-0.39, 0.29) is 34.5 Å². The van der Waals surface area contributed by atoms with E-state index in [4.69, 9.17) is 9.47 Å². The predicted molar refractivity (Wildman–Crippen MR) is 88.6 cm³/mol. The van der Waals surface area contributed by atoms with Crippen LogP contribution in [0.3, 0.4) is 0 Å². The number of aromatic hydroxyl groups is 1. The lowest BCUT2D eigenvalue weighted by Gasteiger charge is -2.27. The second kappa shape index (κ2) is 6.82. The fourth-order valence-electron chi connectivity index (χ4n) is 2.80. The lowest BCUT2D eigenvalue weighted by atomic mass is 9.92. The van der Waals surface area contributed by atoms with Gasteiger partial charge in [-0.2, -0.15) is 4.68 Å². The number of ether oxygens (including phenoxy) is 2. The number of methoxy groups -OCH3 is 1. The minimum absolute atomic E-state index is 0.0293. The molecule has 0 amide bonds. The molecule has 0 spiro atoms. The van der Waals surface area contributed by atoms with E-state index in [0.717, 1.165) is 0 Å². The summed E-state index contributed by atoms with van der Waals surface area (Å²) in [7, 11) is 1.22. The number of phenols is 1. The van der Waals surface area contributed by atoms with Crippen LogP contribution in [0.1, 0.15) is 25.5 Å². The first-order chi connectivity index (χ1) is 12.5. The number of fused-ring (bicyclic) bond motifs is 1. The van der Waals surface area contributed by atoms with Crippen LogP contribution in [0.2, 0.25) is 0 Å². The van der Waals surface area contributed by atoms with E-state index in [2.05, 4.69) is 20.8 Å². The van der Waals surface area contributed by atoms with E-state index in [1.54, 1.807) is 19.1 Å². The van der Waals surface area contributed by atoms with E-state index in [9.17, 15) is 14.7 Å². The molecule has 1 aliphatic heterocycles. The highest BCUT2D eigenvalue weighted by Crippen LogP contribution is 2.38. The van der Waals surface area contributed by atoms with Gasteiger partial charge in [-0.15, -0.1) is 0 Å². The molecule has 26 heavy (non-hydrogen) atoms. The molecule has 0 aliphatic carbocycles. The minimum atomic E-state index is -0.785. The van der Waals surface area contributed by atoms with Crippen LogP contribution in [-0.4, -0.2) is 50.8 Å². The number of esters is 1. The van der Waals surface area contributed by atoms with Crippen molar-refractivity contribution in [2.75, 3.05) is 19.0 Å². The van der Waals surface area contributed by atoms with Gasteiger partial charge >= 0.3 is 5.97 Å². The number of nitrogens with one attached hydrogen (secondary N) is 1. The first kappa shape index (κ1) is 17.4. The first-order valence-corrected chi connectivity index (χ1v) is 7.81. The van der Waals surface area contributed by atoms with Crippen LogP contribution in [-0.2, 0) is 14.3 Å². The molecule has 10 nitrogen and oxygen atoms in total. The smallest absolute Gasteiger partial charge is 0.355 e. The van der Waals surface area contributed by atoms with Crippen molar-refractivity contribution in [2.24, 2.45) is 0 Å². The summed E-state index contributed by atoms with van der Waals surface area (Å²) in [5.41, 5.74) is 0.677. The van der Waals surface area contributed by atoms with Crippen LogP contribution in [0.4, 0.5) is 5.95 Å². The Kier molecular flexibility index (Phi) is 4.57. The van der Waals surface area contributed by atoms with Crippen LogP contribution in [0.25, 0.3) is 0 Å². The van der Waals surface area contributed by atoms with Gasteiger partial charge in [0.05, 0.1) is 19.3 Å². The molecule has 2 N–H and O–H groups in total. The average Bonchev–Trinajstić information content (AvgIpc) is 3.09. The predicted octanol–water partition coefficient (Wildman–Crippen LogP) is 0.808. The molecule has 0 radical (unpaired) electrons. The van der Waals surface area contributed by atoms with Crippen LogP contribution < -0.4 is 10.1 Å². The third kappa shape index (κ3) is 2.85. The highest BCUT2D eigenvalue weighted by atomic mass is 16.5. The third-order valence-electron chi connectivity index (χ3n) is 3.89. The number of aromatic nitrogens is 4. The molecule has 3 rings (SSSR count). The number of phenolic OH excluding ortho intramolecular Hbond substituents is 1. The summed E-state index contributed by atoms with van der Waals surface area (Å²) in [5, 5.41) is 24.0. The summed E-state index contributed by atoms with van der Waals surface area (Å²) >= 11 is 0. The largest absolute Gasteiger partial charge is 0.504 e. The molecule has 0 saturated heterocycles. The third-order valence-corrected chi connectivity index (χ3v) is 3.89. The number of hydrogen-bond donors (Lipinski definition) is 2. The van der Waals surface area contributed by atoms with E-state index < -0.39 is 12.0 Å². The Morgan fingerprint density at radius 1 is 1.38 bits per heavy atom. The van der Waals surface area contributed by atoms with Gasteiger partial charge in [0.25, 0.3) is 0 Å². The van der Waals surface area contributed by atoms with Crippen LogP contribution in [0.15, 0.2) is 29.5 Å². The Morgan fingerprint density at radius 3 is 2.81 bits per heavy atom. The number of Topliss-reactive ketones (excluding diaryl/α,β-unsaturated/α-hetero) is 1. The summed E-state index contributed by atoms with van der Waals surface area (Å²) in [4.78, 5) is 24.5. The van der Waals surface area contributed by atoms with E-state index in [1.807, 2.05) is 0 Å². The quantitative estimate of drug-likeness (QED) is 0.745. The molecule has 1 unspecified atom stereocenters. The molecule has 0 fully saturated rings. The van der Waals surface area contributed by atoms with Gasteiger partial charge < -0.3 is 19.9 Å². The summed E-state index contributed by atoms with van der Waals surface area (Å²) < 4.78 is 11.6. The Labute approximate surface area is 148 Å². The number of tetrazole rings is 1. The number of nitrogens with zero attached hydrogens (tertiary/aromatic N) is 4. The molecular weight excluding hydrogens is 342 g/mol. The number of allylic oxidation sites excluding steroid dienone is 1. The maximum absolute atomic E-state index is 12.4. The molecule has 2 aromatic rings. The molecule has 0 saturated carbocycles. The van der Waals surface area contributed by atoms with Gasteiger partial charge in [0.15, 0.2) is 17.3 Å². The van der Waals surface area contributed by atoms with Crippen LogP contribution >= 0.6 is 0 Å². The first-order valence-electron chi connectivity index (χ1n) is 7.81. The highest BCUT2D eigenvalue weighted by molar-refractivity contribution is 6.06. The maximum atomic E-state index is 12.4. The van der Waals surface area contributed by atoms with Gasteiger partial charge in [0.1, 0.15) is 11.7 Å². The monoisotopic (exact) mass is 359 g/mol. The van der Waals surface area contributed by atoms with Crippen LogP contribution in [0, 0.1) is 0 Å². The summed E-state index contributed by atoms with van der Waals surface area (Å²) in [6.07, 6.45) is 0. The summed E-state index contributed by atoms with van der Waals surface area (Å²) in [5.74, 6) is -0.663. The molecular formula is C16H17N5O5. The molecule has 1 aliphatic rings. The normalized spacial score (nSPS) is 15.9. The Morgan fingerprint density at radius 2 is 2.15 bits per heavy atom. The average molecular weight is 359 g/mol. The van der Waals surface area contributed by atoms with Gasteiger partial charge in [-0.3, -0.25) is 4.79 Å². The molecule has 0 bridgehead atoms. The number of carbonyl (C=O) groups is 2. The van der Waals surface area contributed by atoms with Gasteiger partial charge in [0, 0.05) is 0 Å². The minimum Gasteiger partial charge on any atom is -0.504 e. The molecule has 10 heteroatoms. The van der Waals surface area contributed by atoms with Crippen molar-refractivity contribution in [1.29, 1.82) is 0 Å². The van der Waals surface area contributed by atoms with Crippen molar-refractivity contribution in [3.05, 3.63) is 35.0 Å². The standard InChI is InChI=1S/C16H17N5O5/c1-4-26-11-7-9(5-6-10(11)23)14-12(8(2)22)13(15(24)25-3)17-16-18-19-20-21(14)16/h5-7,14,23H,4H2,1-3H3,(H,17,18,20). The number of hydrogen-bond acceptors (Lipinski definition) is 9. The number of carbonyl (C=O) groups excluding carboxylic acids is 2. The Hall–Kier alpha value is -3.43. The lowest BCUT2D eigenvalue weighted by Crippen LogP contribution is -2.32. The maximum Gasteiger partial charge on any atom is 0.355 e.